The first-order valence-corrected chi connectivity index (χ1v) is 5.98. The molecule has 0 bridgehead atoms. The van der Waals surface area contributed by atoms with Crippen molar-refractivity contribution in [1.82, 2.24) is 4.98 Å². The summed E-state index contributed by atoms with van der Waals surface area (Å²) in [6, 6.07) is 0. The summed E-state index contributed by atoms with van der Waals surface area (Å²) in [7, 11) is 0. The maximum absolute atomic E-state index is 10.7. The molecule has 16 heavy (non-hydrogen) atoms. The van der Waals surface area contributed by atoms with Gasteiger partial charge in [-0.3, -0.25) is 0 Å². The van der Waals surface area contributed by atoms with Crippen LogP contribution in [0.2, 0.25) is 0 Å². The monoisotopic (exact) mass is 242 g/mol. The number of nitrogens with zero attached hydrogens (tertiary/aromatic N) is 1. The second-order valence-electron chi connectivity index (χ2n) is 4.15. The molecule has 0 aliphatic carbocycles. The van der Waals surface area contributed by atoms with E-state index in [1.807, 2.05) is 6.92 Å². The number of carboxylic acids is 1. The Balaban J connectivity index is 2.11. The molecule has 1 aromatic rings. The number of hydrogen-bond acceptors (Lipinski definition) is 5. The molecule has 88 valence electrons. The summed E-state index contributed by atoms with van der Waals surface area (Å²) < 4.78 is 5.49. The number of carbonyl (C=O) groups is 1. The minimum atomic E-state index is -0.995. The Kier molecular flexibility index (Phi) is 2.86. The molecule has 1 saturated heterocycles. The van der Waals surface area contributed by atoms with Crippen molar-refractivity contribution in [3.63, 3.8) is 0 Å². The van der Waals surface area contributed by atoms with Crippen molar-refractivity contribution in [2.24, 2.45) is 0 Å². The van der Waals surface area contributed by atoms with Gasteiger partial charge in [0.2, 0.25) is 0 Å². The molecule has 0 amide bonds. The van der Waals surface area contributed by atoms with E-state index in [0.717, 1.165) is 13.0 Å². The average Bonchev–Trinajstić information content (AvgIpc) is 2.76. The van der Waals surface area contributed by atoms with E-state index in [4.69, 9.17) is 9.84 Å². The fourth-order valence-corrected chi connectivity index (χ4v) is 2.49. The zero-order valence-electron chi connectivity index (χ0n) is 9.19. The molecule has 1 fully saturated rings. The van der Waals surface area contributed by atoms with Gasteiger partial charge in [0.1, 0.15) is 0 Å². The van der Waals surface area contributed by atoms with E-state index in [9.17, 15) is 4.79 Å². The molecule has 0 aromatic carbocycles. The third-order valence-electron chi connectivity index (χ3n) is 3.00. The van der Waals surface area contributed by atoms with Gasteiger partial charge in [0.05, 0.1) is 11.6 Å². The van der Waals surface area contributed by atoms with Crippen LogP contribution in [0, 0.1) is 0 Å². The third kappa shape index (κ3) is 2.03. The number of nitrogens with one attached hydrogen (secondary N) is 1. The summed E-state index contributed by atoms with van der Waals surface area (Å²) >= 11 is 1.31. The lowest BCUT2D eigenvalue weighted by Crippen LogP contribution is -2.41. The van der Waals surface area contributed by atoms with E-state index in [1.54, 1.807) is 0 Å². The number of thiazole rings is 1. The van der Waals surface area contributed by atoms with Crippen LogP contribution in [0.25, 0.3) is 0 Å². The first kappa shape index (κ1) is 11.3. The first-order valence-electron chi connectivity index (χ1n) is 5.10. The molecule has 1 aromatic heterocycles. The lowest BCUT2D eigenvalue weighted by atomic mass is 9.95. The molecule has 5 nitrogen and oxygen atoms in total. The number of aromatic nitrogens is 1. The quantitative estimate of drug-likeness (QED) is 0.846. The molecule has 2 heterocycles. The van der Waals surface area contributed by atoms with Gasteiger partial charge in [-0.25, -0.2) is 9.78 Å². The van der Waals surface area contributed by atoms with Crippen molar-refractivity contribution in [3.8, 4) is 0 Å². The maximum atomic E-state index is 10.7. The first-order chi connectivity index (χ1) is 7.51. The Morgan fingerprint density at radius 3 is 3.06 bits per heavy atom. The van der Waals surface area contributed by atoms with Gasteiger partial charge < -0.3 is 15.2 Å². The predicted molar refractivity (Wildman–Crippen MR) is 61.1 cm³/mol. The number of hydrogen-bond donors (Lipinski definition) is 2. The van der Waals surface area contributed by atoms with Gasteiger partial charge in [-0.15, -0.1) is 11.3 Å². The molecular formula is C10H14N2O3S. The van der Waals surface area contributed by atoms with Crippen molar-refractivity contribution < 1.29 is 14.6 Å². The van der Waals surface area contributed by atoms with Crippen LogP contribution in [-0.2, 0) is 4.74 Å². The summed E-state index contributed by atoms with van der Waals surface area (Å²) in [5, 5.41) is 14.2. The molecule has 2 unspecified atom stereocenters. The van der Waals surface area contributed by atoms with E-state index in [1.165, 1.54) is 16.7 Å². The van der Waals surface area contributed by atoms with Gasteiger partial charge in [-0.1, -0.05) is 0 Å². The standard InChI is InChI=1S/C10H14N2O3S/c1-6-10(2,3-4-15-6)12-9-11-7(5-16-9)8(13)14/h5-6H,3-4H2,1-2H3,(H,11,12)(H,13,14). The zero-order valence-corrected chi connectivity index (χ0v) is 10.0. The highest BCUT2D eigenvalue weighted by molar-refractivity contribution is 7.13. The highest BCUT2D eigenvalue weighted by Gasteiger charge is 2.37. The minimum absolute atomic E-state index is 0.0858. The van der Waals surface area contributed by atoms with Crippen LogP contribution in [0.4, 0.5) is 5.13 Å². The Morgan fingerprint density at radius 1 is 1.81 bits per heavy atom. The second kappa shape index (κ2) is 4.03. The molecule has 2 rings (SSSR count). The van der Waals surface area contributed by atoms with Crippen molar-refractivity contribution in [2.45, 2.75) is 31.9 Å². The molecule has 1 aliphatic rings. The average molecular weight is 242 g/mol. The van der Waals surface area contributed by atoms with E-state index < -0.39 is 5.97 Å². The summed E-state index contributed by atoms with van der Waals surface area (Å²) in [6.07, 6.45) is 1.00. The topological polar surface area (TPSA) is 71.5 Å². The van der Waals surface area contributed by atoms with Crippen LogP contribution >= 0.6 is 11.3 Å². The number of ether oxygens (including phenoxy) is 1. The molecule has 6 heteroatoms. The number of anilines is 1. The SMILES string of the molecule is CC1OCCC1(C)Nc1nc(C(=O)O)cs1. The van der Waals surface area contributed by atoms with E-state index >= 15 is 0 Å². The maximum Gasteiger partial charge on any atom is 0.355 e. The highest BCUT2D eigenvalue weighted by Crippen LogP contribution is 2.30. The largest absolute Gasteiger partial charge is 0.476 e. The summed E-state index contributed by atoms with van der Waals surface area (Å²) in [4.78, 5) is 14.7. The molecule has 1 aliphatic heterocycles. The smallest absolute Gasteiger partial charge is 0.355 e. The summed E-state index contributed by atoms with van der Waals surface area (Å²) in [5.74, 6) is -0.995. The van der Waals surface area contributed by atoms with Crippen LogP contribution in [0.15, 0.2) is 5.38 Å². The van der Waals surface area contributed by atoms with Crippen LogP contribution in [0.1, 0.15) is 30.8 Å². The lowest BCUT2D eigenvalue weighted by molar-refractivity contribution is 0.0691. The second-order valence-corrected chi connectivity index (χ2v) is 5.01. The van der Waals surface area contributed by atoms with Crippen LogP contribution in [-0.4, -0.2) is 34.3 Å². The lowest BCUT2D eigenvalue weighted by Gasteiger charge is -2.28. The van der Waals surface area contributed by atoms with Gasteiger partial charge in [-0.2, -0.15) is 0 Å². The van der Waals surface area contributed by atoms with Gasteiger partial charge in [0.15, 0.2) is 10.8 Å². The van der Waals surface area contributed by atoms with E-state index in [2.05, 4.69) is 17.2 Å². The van der Waals surface area contributed by atoms with E-state index in [-0.39, 0.29) is 17.3 Å². The Morgan fingerprint density at radius 2 is 2.56 bits per heavy atom. The summed E-state index contributed by atoms with van der Waals surface area (Å²) in [6.45, 7) is 4.79. The normalized spacial score (nSPS) is 29.2. The molecule has 2 atom stereocenters. The molecule has 0 spiro atoms. The molecule has 0 saturated carbocycles. The molecule has 2 N–H and O–H groups in total. The van der Waals surface area contributed by atoms with Gasteiger partial charge >= 0.3 is 5.97 Å². The van der Waals surface area contributed by atoms with Gasteiger partial charge in [0, 0.05) is 12.0 Å². The third-order valence-corrected chi connectivity index (χ3v) is 3.76. The number of rotatable bonds is 3. The van der Waals surface area contributed by atoms with Gasteiger partial charge in [-0.05, 0) is 20.3 Å². The fourth-order valence-electron chi connectivity index (χ4n) is 1.67. The number of carboxylic acid groups (broad SMARTS) is 1. The Bertz CT molecular complexity index is 407. The van der Waals surface area contributed by atoms with Crippen molar-refractivity contribution in [3.05, 3.63) is 11.1 Å². The van der Waals surface area contributed by atoms with Crippen molar-refractivity contribution in [1.29, 1.82) is 0 Å². The molecule has 0 radical (unpaired) electrons. The minimum Gasteiger partial charge on any atom is -0.476 e. The Labute approximate surface area is 97.5 Å². The van der Waals surface area contributed by atoms with E-state index in [0.29, 0.717) is 5.13 Å². The zero-order chi connectivity index (χ0) is 11.8. The van der Waals surface area contributed by atoms with Crippen LogP contribution in [0.3, 0.4) is 0 Å². The summed E-state index contributed by atoms with van der Waals surface area (Å²) in [5.41, 5.74) is -0.0733. The fraction of sp³-hybridized carbons (Fsp3) is 0.600. The van der Waals surface area contributed by atoms with Gasteiger partial charge in [0.25, 0.3) is 0 Å². The molecular weight excluding hydrogens is 228 g/mol. The van der Waals surface area contributed by atoms with Crippen LogP contribution in [0.5, 0.6) is 0 Å². The number of aromatic carboxylic acids is 1. The predicted octanol–water partition coefficient (Wildman–Crippen LogP) is 1.82. The van der Waals surface area contributed by atoms with Crippen LogP contribution < -0.4 is 5.32 Å². The van der Waals surface area contributed by atoms with Crippen molar-refractivity contribution >= 4 is 22.4 Å². The Hall–Kier alpha value is -1.14. The van der Waals surface area contributed by atoms with Crippen molar-refractivity contribution in [2.75, 3.05) is 11.9 Å². The highest BCUT2D eigenvalue weighted by atomic mass is 32.1.